The van der Waals surface area contributed by atoms with E-state index in [0.717, 1.165) is 15.2 Å². The van der Waals surface area contributed by atoms with Crippen molar-refractivity contribution in [3.8, 4) is 10.7 Å². The van der Waals surface area contributed by atoms with Gasteiger partial charge in [0.05, 0.1) is 4.88 Å². The third kappa shape index (κ3) is 2.99. The fraction of sp³-hybridized carbons (Fsp3) is 0.133. The second-order valence-corrected chi connectivity index (χ2v) is 7.02. The van der Waals surface area contributed by atoms with Crippen molar-refractivity contribution in [3.63, 3.8) is 0 Å². The molecule has 0 saturated heterocycles. The number of hydrogen-bond donors (Lipinski definition) is 0. The molecule has 11 heteroatoms. The van der Waals surface area contributed by atoms with Gasteiger partial charge >= 0.3 is 0 Å². The Morgan fingerprint density at radius 2 is 2.08 bits per heavy atom. The van der Waals surface area contributed by atoms with Gasteiger partial charge in [0.2, 0.25) is 5.82 Å². The number of alkyl halides is 2. The van der Waals surface area contributed by atoms with E-state index < -0.39 is 12.2 Å². The largest absolute Gasteiger partial charge is 0.299 e. The van der Waals surface area contributed by atoms with Gasteiger partial charge in [0.15, 0.2) is 16.6 Å². The van der Waals surface area contributed by atoms with Crippen LogP contribution in [0.3, 0.4) is 0 Å². The number of aromatic nitrogens is 7. The first-order valence-corrected chi connectivity index (χ1v) is 9.13. The zero-order chi connectivity index (χ0) is 18.1. The average molecular weight is 391 g/mol. The molecule has 0 bridgehead atoms. The van der Waals surface area contributed by atoms with Crippen LogP contribution in [0.4, 0.5) is 8.78 Å². The number of rotatable bonds is 6. The SMILES string of the molecule is C=CCn1c(Sc2ccc3nnc(C(F)F)n3n2)nnc1-c1cccs1. The molecule has 0 saturated carbocycles. The number of fused-ring (bicyclic) bond motifs is 1. The molecule has 0 atom stereocenters. The van der Waals surface area contributed by atoms with E-state index in [1.165, 1.54) is 11.8 Å². The van der Waals surface area contributed by atoms with E-state index >= 15 is 0 Å². The second kappa shape index (κ2) is 6.92. The normalized spacial score (nSPS) is 11.5. The number of nitrogens with zero attached hydrogens (tertiary/aromatic N) is 7. The zero-order valence-corrected chi connectivity index (χ0v) is 14.8. The third-order valence-electron chi connectivity index (χ3n) is 3.42. The summed E-state index contributed by atoms with van der Waals surface area (Å²) < 4.78 is 29.0. The molecule has 26 heavy (non-hydrogen) atoms. The molecule has 0 spiro atoms. The topological polar surface area (TPSA) is 73.8 Å². The van der Waals surface area contributed by atoms with Crippen molar-refractivity contribution in [1.82, 2.24) is 34.6 Å². The van der Waals surface area contributed by atoms with Gasteiger partial charge in [-0.25, -0.2) is 8.78 Å². The van der Waals surface area contributed by atoms with E-state index in [1.54, 1.807) is 29.5 Å². The van der Waals surface area contributed by atoms with E-state index in [-0.39, 0.29) is 5.65 Å². The molecule has 7 nitrogen and oxygen atoms in total. The van der Waals surface area contributed by atoms with Crippen molar-refractivity contribution in [1.29, 1.82) is 0 Å². The number of halogens is 2. The molecular formula is C15H11F2N7S2. The molecule has 0 radical (unpaired) electrons. The summed E-state index contributed by atoms with van der Waals surface area (Å²) >= 11 is 2.78. The molecule has 0 N–H and O–H groups in total. The van der Waals surface area contributed by atoms with Crippen molar-refractivity contribution in [2.75, 3.05) is 0 Å². The van der Waals surface area contributed by atoms with E-state index in [2.05, 4.69) is 32.1 Å². The van der Waals surface area contributed by atoms with Gasteiger partial charge in [-0.15, -0.1) is 38.3 Å². The fourth-order valence-electron chi connectivity index (χ4n) is 2.32. The highest BCUT2D eigenvalue weighted by molar-refractivity contribution is 7.99. The summed E-state index contributed by atoms with van der Waals surface area (Å²) in [6.07, 6.45) is -1.01. The van der Waals surface area contributed by atoms with Crippen molar-refractivity contribution in [3.05, 3.63) is 48.1 Å². The molecule has 4 aromatic rings. The van der Waals surface area contributed by atoms with E-state index in [1.807, 2.05) is 22.1 Å². The van der Waals surface area contributed by atoms with Crippen LogP contribution in [0.15, 0.2) is 52.5 Å². The lowest BCUT2D eigenvalue weighted by atomic mass is 10.4. The van der Waals surface area contributed by atoms with Crippen LogP contribution in [-0.2, 0) is 6.54 Å². The minimum absolute atomic E-state index is 0.261. The zero-order valence-electron chi connectivity index (χ0n) is 13.2. The summed E-state index contributed by atoms with van der Waals surface area (Å²) in [5, 5.41) is 22.9. The Kier molecular flexibility index (Phi) is 4.47. The van der Waals surface area contributed by atoms with Crippen LogP contribution in [0.2, 0.25) is 0 Å². The van der Waals surface area contributed by atoms with Crippen LogP contribution < -0.4 is 0 Å². The lowest BCUT2D eigenvalue weighted by molar-refractivity contribution is 0.137. The Hall–Kier alpha value is -2.66. The Bertz CT molecular complexity index is 1060. The highest BCUT2D eigenvalue weighted by Gasteiger charge is 2.19. The Morgan fingerprint density at radius 3 is 2.81 bits per heavy atom. The minimum atomic E-state index is -2.76. The third-order valence-corrected chi connectivity index (χ3v) is 5.20. The van der Waals surface area contributed by atoms with Crippen molar-refractivity contribution < 1.29 is 8.78 Å². The van der Waals surface area contributed by atoms with Crippen LogP contribution >= 0.6 is 23.1 Å². The first-order chi connectivity index (χ1) is 12.7. The van der Waals surface area contributed by atoms with Gasteiger partial charge in [-0.3, -0.25) is 4.57 Å². The van der Waals surface area contributed by atoms with Gasteiger partial charge in [0.25, 0.3) is 6.43 Å². The Balaban J connectivity index is 1.72. The summed E-state index contributed by atoms with van der Waals surface area (Å²) in [6.45, 7) is 4.28. The lowest BCUT2D eigenvalue weighted by Crippen LogP contribution is -2.02. The summed E-state index contributed by atoms with van der Waals surface area (Å²) in [5.74, 6) is 0.232. The summed E-state index contributed by atoms with van der Waals surface area (Å²) in [7, 11) is 0. The predicted molar refractivity (Wildman–Crippen MR) is 93.4 cm³/mol. The van der Waals surface area contributed by atoms with E-state index in [4.69, 9.17) is 0 Å². The molecule has 4 rings (SSSR count). The fourth-order valence-corrected chi connectivity index (χ4v) is 3.83. The maximum atomic E-state index is 13.0. The smallest absolute Gasteiger partial charge is 0.297 e. The quantitative estimate of drug-likeness (QED) is 0.467. The highest BCUT2D eigenvalue weighted by atomic mass is 32.2. The van der Waals surface area contributed by atoms with Crippen molar-refractivity contribution in [2.24, 2.45) is 0 Å². The molecule has 0 aliphatic rings. The monoisotopic (exact) mass is 391 g/mol. The van der Waals surface area contributed by atoms with E-state index in [9.17, 15) is 8.78 Å². The molecule has 0 fully saturated rings. The van der Waals surface area contributed by atoms with Crippen LogP contribution in [-0.4, -0.2) is 34.6 Å². The maximum absolute atomic E-state index is 13.0. The van der Waals surface area contributed by atoms with Crippen LogP contribution in [0.5, 0.6) is 0 Å². The molecule has 132 valence electrons. The van der Waals surface area contributed by atoms with Gasteiger partial charge in [0, 0.05) is 6.54 Å². The maximum Gasteiger partial charge on any atom is 0.299 e. The van der Waals surface area contributed by atoms with Gasteiger partial charge in [-0.1, -0.05) is 12.1 Å². The van der Waals surface area contributed by atoms with Crippen molar-refractivity contribution >= 4 is 28.7 Å². The average Bonchev–Trinajstić information content (AvgIpc) is 3.35. The molecule has 4 aromatic heterocycles. The van der Waals surface area contributed by atoms with Crippen LogP contribution in [0.25, 0.3) is 16.3 Å². The van der Waals surface area contributed by atoms with Gasteiger partial charge in [-0.2, -0.15) is 9.61 Å². The van der Waals surface area contributed by atoms with Crippen LogP contribution in [0.1, 0.15) is 12.2 Å². The molecule has 0 aliphatic heterocycles. The summed E-state index contributed by atoms with van der Waals surface area (Å²) in [4.78, 5) is 0.980. The standard InChI is InChI=1S/C15H11F2N7S2/c1-2-7-23-13(9-4-3-8-25-9)19-21-15(23)26-11-6-5-10-18-20-14(12(16)17)24(10)22-11/h2-6,8,12H,1,7H2. The number of thiophene rings is 1. The van der Waals surface area contributed by atoms with Gasteiger partial charge < -0.3 is 0 Å². The highest BCUT2D eigenvalue weighted by Crippen LogP contribution is 2.30. The molecule has 0 unspecified atom stereocenters. The molecule has 0 aromatic carbocycles. The first-order valence-electron chi connectivity index (χ1n) is 7.43. The second-order valence-electron chi connectivity index (χ2n) is 5.09. The Labute approximate surface area is 154 Å². The molecular weight excluding hydrogens is 380 g/mol. The number of hydrogen-bond acceptors (Lipinski definition) is 7. The Morgan fingerprint density at radius 1 is 1.19 bits per heavy atom. The summed E-state index contributed by atoms with van der Waals surface area (Å²) in [5.41, 5.74) is 0.261. The van der Waals surface area contributed by atoms with Crippen LogP contribution in [0, 0.1) is 0 Å². The predicted octanol–water partition coefficient (Wildman–Crippen LogP) is 3.72. The lowest BCUT2D eigenvalue weighted by Gasteiger charge is -2.06. The van der Waals surface area contributed by atoms with Gasteiger partial charge in [0.1, 0.15) is 5.03 Å². The first kappa shape index (κ1) is 16.8. The van der Waals surface area contributed by atoms with Crippen molar-refractivity contribution in [2.45, 2.75) is 23.2 Å². The molecule has 0 aliphatic carbocycles. The molecule has 0 amide bonds. The number of allylic oxidation sites excluding steroid dienone is 1. The molecule has 4 heterocycles. The summed E-state index contributed by atoms with van der Waals surface area (Å²) in [6, 6.07) is 7.16. The minimum Gasteiger partial charge on any atom is -0.297 e. The van der Waals surface area contributed by atoms with Gasteiger partial charge in [-0.05, 0) is 35.3 Å². The van der Waals surface area contributed by atoms with E-state index in [0.29, 0.717) is 16.7 Å².